The van der Waals surface area contributed by atoms with Crippen molar-refractivity contribution in [2.24, 2.45) is 0 Å². The van der Waals surface area contributed by atoms with Crippen molar-refractivity contribution in [3.05, 3.63) is 66.7 Å². The van der Waals surface area contributed by atoms with Crippen molar-refractivity contribution >= 4 is 34.3 Å². The summed E-state index contributed by atoms with van der Waals surface area (Å²) in [6.45, 7) is 0. The Balaban J connectivity index is 1.62. The van der Waals surface area contributed by atoms with Gasteiger partial charge in [-0.05, 0) is 29.0 Å². The second kappa shape index (κ2) is 5.66. The molecule has 1 aliphatic rings. The lowest BCUT2D eigenvalue weighted by Gasteiger charge is -2.26. The maximum Gasteiger partial charge on any atom is 0.158 e. The molecule has 1 atom stereocenters. The van der Waals surface area contributed by atoms with Gasteiger partial charge in [0.25, 0.3) is 0 Å². The van der Waals surface area contributed by atoms with E-state index in [0.29, 0.717) is 0 Å². The van der Waals surface area contributed by atoms with Crippen molar-refractivity contribution in [2.45, 2.75) is 15.2 Å². The molecule has 4 rings (SSSR count). The maximum atomic E-state index is 6.19. The highest BCUT2D eigenvalue weighted by atomic mass is 32.2. The van der Waals surface area contributed by atoms with E-state index >= 15 is 0 Å². The molecule has 0 bridgehead atoms. The molecule has 3 aromatic carbocycles. The van der Waals surface area contributed by atoms with E-state index in [9.17, 15) is 0 Å². The van der Waals surface area contributed by atoms with Gasteiger partial charge in [-0.15, -0.1) is 11.8 Å². The molecule has 0 saturated carbocycles. The Labute approximate surface area is 132 Å². The first-order valence-corrected chi connectivity index (χ1v) is 8.79. The minimum Gasteiger partial charge on any atom is -0.477 e. The Kier molecular flexibility index (Phi) is 3.53. The number of hydrogen-bond acceptors (Lipinski definition) is 3. The first-order valence-electron chi connectivity index (χ1n) is 6.93. The van der Waals surface area contributed by atoms with Crippen molar-refractivity contribution in [1.82, 2.24) is 0 Å². The first-order chi connectivity index (χ1) is 10.4. The van der Waals surface area contributed by atoms with Crippen LogP contribution in [0.1, 0.15) is 0 Å². The average molecular weight is 310 g/mol. The van der Waals surface area contributed by atoms with Gasteiger partial charge in [0.2, 0.25) is 0 Å². The number of rotatable bonds is 2. The summed E-state index contributed by atoms with van der Waals surface area (Å²) in [7, 11) is 0. The van der Waals surface area contributed by atoms with E-state index < -0.39 is 0 Å². The Morgan fingerprint density at radius 2 is 1.71 bits per heavy atom. The average Bonchev–Trinajstić information content (AvgIpc) is 2.55. The molecule has 0 amide bonds. The summed E-state index contributed by atoms with van der Waals surface area (Å²) in [6, 6.07) is 23.2. The highest BCUT2D eigenvalue weighted by molar-refractivity contribution is 8.03. The maximum absolute atomic E-state index is 6.19. The van der Waals surface area contributed by atoms with E-state index in [-0.39, 0.29) is 5.44 Å². The van der Waals surface area contributed by atoms with Crippen molar-refractivity contribution in [1.29, 1.82) is 0 Å². The second-order valence-corrected chi connectivity index (χ2v) is 7.17. The van der Waals surface area contributed by atoms with Gasteiger partial charge < -0.3 is 4.74 Å². The van der Waals surface area contributed by atoms with Crippen molar-refractivity contribution in [2.75, 3.05) is 5.75 Å². The molecule has 0 saturated heterocycles. The highest BCUT2D eigenvalue weighted by Gasteiger charge is 2.22. The van der Waals surface area contributed by atoms with Crippen LogP contribution < -0.4 is 4.74 Å². The lowest BCUT2D eigenvalue weighted by molar-refractivity contribution is 0.299. The third kappa shape index (κ3) is 2.63. The molecule has 0 spiro atoms. The number of benzene rings is 3. The lowest BCUT2D eigenvalue weighted by atomic mass is 10.1. The summed E-state index contributed by atoms with van der Waals surface area (Å²) < 4.78 is 6.19. The SMILES string of the molecule is c1ccc(SC2CSc3c(ccc4ccccc34)O2)cc1. The van der Waals surface area contributed by atoms with Crippen LogP contribution in [0.15, 0.2) is 76.5 Å². The third-order valence-electron chi connectivity index (χ3n) is 3.48. The molecule has 0 aromatic heterocycles. The molecule has 3 heteroatoms. The Hall–Kier alpha value is -1.58. The molecule has 3 aromatic rings. The molecule has 1 unspecified atom stereocenters. The van der Waals surface area contributed by atoms with Crippen LogP contribution in [0.3, 0.4) is 0 Å². The van der Waals surface area contributed by atoms with Gasteiger partial charge in [-0.2, -0.15) is 0 Å². The monoisotopic (exact) mass is 310 g/mol. The molecule has 0 N–H and O–H groups in total. The molecule has 1 aliphatic heterocycles. The van der Waals surface area contributed by atoms with Gasteiger partial charge in [-0.25, -0.2) is 0 Å². The summed E-state index contributed by atoms with van der Waals surface area (Å²) >= 11 is 3.69. The summed E-state index contributed by atoms with van der Waals surface area (Å²) in [5.41, 5.74) is 0.172. The van der Waals surface area contributed by atoms with Gasteiger partial charge in [-0.1, -0.05) is 60.3 Å². The summed E-state index contributed by atoms with van der Waals surface area (Å²) in [5, 5.41) is 2.57. The van der Waals surface area contributed by atoms with Crippen LogP contribution in [0.25, 0.3) is 10.8 Å². The zero-order valence-electron chi connectivity index (χ0n) is 11.4. The van der Waals surface area contributed by atoms with Gasteiger partial charge in [0.15, 0.2) is 5.44 Å². The predicted molar refractivity (Wildman–Crippen MR) is 91.4 cm³/mol. The van der Waals surface area contributed by atoms with Crippen molar-refractivity contribution in [3.8, 4) is 5.75 Å². The van der Waals surface area contributed by atoms with Crippen molar-refractivity contribution in [3.63, 3.8) is 0 Å². The summed E-state index contributed by atoms with van der Waals surface area (Å²) in [4.78, 5) is 2.53. The minimum atomic E-state index is 0.172. The molecular formula is C18H14OS2. The van der Waals surface area contributed by atoms with Crippen LogP contribution in [0.5, 0.6) is 5.75 Å². The molecule has 1 nitrogen and oxygen atoms in total. The van der Waals surface area contributed by atoms with Crippen LogP contribution in [-0.2, 0) is 0 Å². The lowest BCUT2D eigenvalue weighted by Crippen LogP contribution is -2.19. The highest BCUT2D eigenvalue weighted by Crippen LogP contribution is 2.43. The Morgan fingerprint density at radius 1 is 0.905 bits per heavy atom. The van der Waals surface area contributed by atoms with E-state index in [2.05, 4.69) is 60.7 Å². The van der Waals surface area contributed by atoms with Gasteiger partial charge in [0, 0.05) is 10.6 Å². The quantitative estimate of drug-likeness (QED) is 0.623. The number of hydrogen-bond donors (Lipinski definition) is 0. The van der Waals surface area contributed by atoms with Crippen molar-refractivity contribution < 1.29 is 4.74 Å². The van der Waals surface area contributed by atoms with E-state index in [1.54, 1.807) is 11.8 Å². The second-order valence-electron chi connectivity index (χ2n) is 4.90. The molecule has 0 fully saturated rings. The summed E-state index contributed by atoms with van der Waals surface area (Å²) in [5.74, 6) is 1.99. The fraction of sp³-hybridized carbons (Fsp3) is 0.111. The van der Waals surface area contributed by atoms with E-state index in [1.807, 2.05) is 17.8 Å². The zero-order valence-corrected chi connectivity index (χ0v) is 13.0. The van der Waals surface area contributed by atoms with Gasteiger partial charge >= 0.3 is 0 Å². The van der Waals surface area contributed by atoms with Crippen LogP contribution in [-0.4, -0.2) is 11.2 Å². The molecular weight excluding hydrogens is 296 g/mol. The van der Waals surface area contributed by atoms with Crippen LogP contribution in [0.4, 0.5) is 0 Å². The van der Waals surface area contributed by atoms with Gasteiger partial charge in [-0.3, -0.25) is 0 Å². The number of fused-ring (bicyclic) bond motifs is 3. The predicted octanol–water partition coefficient (Wildman–Crippen LogP) is 5.44. The van der Waals surface area contributed by atoms with Gasteiger partial charge in [0.05, 0.1) is 4.90 Å². The van der Waals surface area contributed by atoms with E-state index in [0.717, 1.165) is 11.5 Å². The Morgan fingerprint density at radius 3 is 2.62 bits per heavy atom. The standard InChI is InChI=1S/C18H14OS2/c1-2-7-14(8-3-1)21-17-12-20-18-15-9-5-4-6-13(15)10-11-16(18)19-17/h1-11,17H,12H2. The smallest absolute Gasteiger partial charge is 0.158 e. The normalized spacial score (nSPS) is 17.2. The Bertz CT molecular complexity index is 771. The van der Waals surface area contributed by atoms with Crippen LogP contribution >= 0.6 is 23.5 Å². The van der Waals surface area contributed by atoms with Crippen LogP contribution in [0, 0.1) is 0 Å². The number of thioether (sulfide) groups is 2. The third-order valence-corrected chi connectivity index (χ3v) is 5.94. The zero-order chi connectivity index (χ0) is 14.1. The fourth-order valence-corrected chi connectivity index (χ4v) is 4.72. The van der Waals surface area contributed by atoms with Crippen LogP contribution in [0.2, 0.25) is 0 Å². The first kappa shape index (κ1) is 13.1. The summed E-state index contributed by atoms with van der Waals surface area (Å²) in [6.07, 6.45) is 0. The van der Waals surface area contributed by atoms with E-state index in [4.69, 9.17) is 4.74 Å². The van der Waals surface area contributed by atoms with Gasteiger partial charge in [0.1, 0.15) is 5.75 Å². The number of ether oxygens (including phenoxy) is 1. The molecule has 0 radical (unpaired) electrons. The van der Waals surface area contributed by atoms with E-state index in [1.165, 1.54) is 20.6 Å². The molecule has 1 heterocycles. The molecule has 0 aliphatic carbocycles. The fourth-order valence-electron chi connectivity index (χ4n) is 2.50. The molecule has 104 valence electrons. The molecule has 21 heavy (non-hydrogen) atoms. The topological polar surface area (TPSA) is 9.23 Å². The minimum absolute atomic E-state index is 0.172. The largest absolute Gasteiger partial charge is 0.477 e.